The van der Waals surface area contributed by atoms with Crippen LogP contribution >= 0.6 is 23.1 Å². The van der Waals surface area contributed by atoms with E-state index in [4.69, 9.17) is 0 Å². The van der Waals surface area contributed by atoms with Gasteiger partial charge in [0.2, 0.25) is 16.9 Å². The number of fused-ring (bicyclic) bond motifs is 1. The van der Waals surface area contributed by atoms with Gasteiger partial charge in [-0.25, -0.2) is 0 Å². The molecule has 1 aliphatic heterocycles. The maximum absolute atomic E-state index is 12.9. The molecule has 0 spiro atoms. The van der Waals surface area contributed by atoms with E-state index in [1.807, 2.05) is 18.2 Å². The molecule has 0 radical (unpaired) electrons. The van der Waals surface area contributed by atoms with E-state index in [2.05, 4.69) is 27.4 Å². The molecule has 0 unspecified atom stereocenters. The van der Waals surface area contributed by atoms with Crippen LogP contribution in [0.4, 0.5) is 16.5 Å². The number of hydrogen-bond acceptors (Lipinski definition) is 7. The van der Waals surface area contributed by atoms with Gasteiger partial charge in [-0.2, -0.15) is 0 Å². The first kappa shape index (κ1) is 18.4. The van der Waals surface area contributed by atoms with Gasteiger partial charge in [-0.15, -0.1) is 16.8 Å². The molecule has 7 nitrogen and oxygen atoms in total. The van der Waals surface area contributed by atoms with Crippen LogP contribution in [0.3, 0.4) is 0 Å². The minimum atomic E-state index is -0.968. The monoisotopic (exact) mass is 389 g/mol. The van der Waals surface area contributed by atoms with E-state index in [0.717, 1.165) is 0 Å². The average Bonchev–Trinajstić information content (AvgIpc) is 3.06. The number of para-hydroxylation sites is 2. The van der Waals surface area contributed by atoms with Crippen LogP contribution in [-0.4, -0.2) is 39.8 Å². The van der Waals surface area contributed by atoms with Crippen LogP contribution < -0.4 is 15.5 Å². The molecule has 1 aromatic carbocycles. The number of rotatable bonds is 6. The fraction of sp³-hybridized carbons (Fsp3) is 0.294. The molecule has 0 saturated heterocycles. The third-order valence-electron chi connectivity index (χ3n) is 3.88. The van der Waals surface area contributed by atoms with Gasteiger partial charge < -0.3 is 10.6 Å². The molecule has 1 aromatic heterocycles. The zero-order chi connectivity index (χ0) is 18.7. The van der Waals surface area contributed by atoms with E-state index < -0.39 is 5.54 Å². The summed E-state index contributed by atoms with van der Waals surface area (Å²) < 4.78 is 0.692. The lowest BCUT2D eigenvalue weighted by atomic mass is 9.96. The SMILES string of the molecule is C=CCNc1nnc(SCC(=O)N2c3ccccc3NC(=O)C2(C)C)s1. The summed E-state index contributed by atoms with van der Waals surface area (Å²) in [5, 5.41) is 14.7. The van der Waals surface area contributed by atoms with Crippen LogP contribution in [0, 0.1) is 0 Å². The molecule has 2 aromatic rings. The fourth-order valence-corrected chi connectivity index (χ4v) is 4.19. The van der Waals surface area contributed by atoms with Crippen molar-refractivity contribution in [3.63, 3.8) is 0 Å². The van der Waals surface area contributed by atoms with Crippen molar-refractivity contribution in [1.29, 1.82) is 0 Å². The molecule has 1 aliphatic rings. The summed E-state index contributed by atoms with van der Waals surface area (Å²) >= 11 is 2.69. The maximum atomic E-state index is 12.9. The van der Waals surface area contributed by atoms with E-state index in [0.29, 0.717) is 27.4 Å². The second-order valence-corrected chi connectivity index (χ2v) is 8.29. The molecule has 2 amide bonds. The Bertz CT molecular complexity index is 849. The smallest absolute Gasteiger partial charge is 0.250 e. The Morgan fingerprint density at radius 2 is 2.19 bits per heavy atom. The maximum Gasteiger partial charge on any atom is 0.250 e. The highest BCUT2D eigenvalue weighted by molar-refractivity contribution is 8.01. The number of carbonyl (C=O) groups excluding carboxylic acids is 2. The van der Waals surface area contributed by atoms with Crippen LogP contribution in [0.1, 0.15) is 13.8 Å². The van der Waals surface area contributed by atoms with Gasteiger partial charge in [0.05, 0.1) is 17.1 Å². The molecule has 0 fully saturated rings. The van der Waals surface area contributed by atoms with Gasteiger partial charge in [0.15, 0.2) is 4.34 Å². The van der Waals surface area contributed by atoms with Crippen molar-refractivity contribution >= 4 is 51.4 Å². The Morgan fingerprint density at radius 3 is 2.96 bits per heavy atom. The Labute approximate surface area is 159 Å². The number of nitrogens with one attached hydrogen (secondary N) is 2. The Kier molecular flexibility index (Phi) is 5.28. The first-order valence-electron chi connectivity index (χ1n) is 7.98. The van der Waals surface area contributed by atoms with Crippen LogP contribution in [0.15, 0.2) is 41.3 Å². The van der Waals surface area contributed by atoms with Crippen LogP contribution in [-0.2, 0) is 9.59 Å². The molecular weight excluding hydrogens is 370 g/mol. The molecule has 0 saturated carbocycles. The standard InChI is InChI=1S/C17H19N5O2S2/c1-4-9-18-15-20-21-16(26-15)25-10-13(23)22-12-8-6-5-7-11(12)19-14(24)17(22,2)3/h4-8H,1,9-10H2,2-3H3,(H,18,20)(H,19,24). The van der Waals surface area contributed by atoms with Gasteiger partial charge in [-0.05, 0) is 26.0 Å². The first-order chi connectivity index (χ1) is 12.4. The largest absolute Gasteiger partial charge is 0.357 e. The van der Waals surface area contributed by atoms with E-state index in [-0.39, 0.29) is 17.6 Å². The topological polar surface area (TPSA) is 87.2 Å². The lowest BCUT2D eigenvalue weighted by Crippen LogP contribution is -2.58. The summed E-state index contributed by atoms with van der Waals surface area (Å²) in [7, 11) is 0. The third kappa shape index (κ3) is 3.58. The Hall–Kier alpha value is -2.39. The molecule has 3 rings (SSSR count). The molecule has 9 heteroatoms. The highest BCUT2D eigenvalue weighted by Gasteiger charge is 2.43. The summed E-state index contributed by atoms with van der Waals surface area (Å²) in [5.74, 6) is -0.194. The average molecular weight is 390 g/mol. The predicted octanol–water partition coefficient (Wildman–Crippen LogP) is 2.99. The van der Waals surface area contributed by atoms with Crippen LogP contribution in [0.25, 0.3) is 0 Å². The summed E-state index contributed by atoms with van der Waals surface area (Å²) in [6.45, 7) is 7.72. The van der Waals surface area contributed by atoms with Gasteiger partial charge in [0.25, 0.3) is 0 Å². The van der Waals surface area contributed by atoms with Crippen molar-refractivity contribution in [2.75, 3.05) is 27.8 Å². The molecule has 0 bridgehead atoms. The van der Waals surface area contributed by atoms with Crippen LogP contribution in [0.5, 0.6) is 0 Å². The van der Waals surface area contributed by atoms with Crippen molar-refractivity contribution in [3.8, 4) is 0 Å². The summed E-state index contributed by atoms with van der Waals surface area (Å²) in [6, 6.07) is 7.30. The summed E-state index contributed by atoms with van der Waals surface area (Å²) in [6.07, 6.45) is 1.73. The minimum Gasteiger partial charge on any atom is -0.357 e. The lowest BCUT2D eigenvalue weighted by molar-refractivity contribution is -0.125. The number of carbonyl (C=O) groups is 2. The van der Waals surface area contributed by atoms with E-state index in [1.165, 1.54) is 23.1 Å². The van der Waals surface area contributed by atoms with Gasteiger partial charge in [0, 0.05) is 6.54 Å². The molecule has 2 heterocycles. The second kappa shape index (κ2) is 7.46. The van der Waals surface area contributed by atoms with Crippen LogP contribution in [0.2, 0.25) is 0 Å². The first-order valence-corrected chi connectivity index (χ1v) is 9.78. The number of benzene rings is 1. The normalized spacial score (nSPS) is 15.2. The fourth-order valence-electron chi connectivity index (χ4n) is 2.59. The zero-order valence-corrected chi connectivity index (χ0v) is 16.1. The molecule has 0 atom stereocenters. The van der Waals surface area contributed by atoms with Gasteiger partial charge >= 0.3 is 0 Å². The molecule has 2 N–H and O–H groups in total. The highest BCUT2D eigenvalue weighted by atomic mass is 32.2. The van der Waals surface area contributed by atoms with Crippen molar-refractivity contribution < 1.29 is 9.59 Å². The Balaban J connectivity index is 1.75. The number of thioether (sulfide) groups is 1. The quantitative estimate of drug-likeness (QED) is 0.583. The van der Waals surface area contributed by atoms with Crippen molar-refractivity contribution in [1.82, 2.24) is 10.2 Å². The summed E-state index contributed by atoms with van der Waals surface area (Å²) in [5.41, 5.74) is 0.374. The molecular formula is C17H19N5O2S2. The highest BCUT2D eigenvalue weighted by Crippen LogP contribution is 2.37. The number of anilines is 3. The van der Waals surface area contributed by atoms with Gasteiger partial charge in [-0.1, -0.05) is 41.3 Å². The molecule has 26 heavy (non-hydrogen) atoms. The van der Waals surface area contributed by atoms with Crippen molar-refractivity contribution in [2.24, 2.45) is 0 Å². The Morgan fingerprint density at radius 1 is 1.42 bits per heavy atom. The number of hydrogen-bond donors (Lipinski definition) is 2. The van der Waals surface area contributed by atoms with E-state index in [1.54, 1.807) is 30.9 Å². The minimum absolute atomic E-state index is 0.155. The number of aromatic nitrogens is 2. The third-order valence-corrected chi connectivity index (χ3v) is 5.88. The van der Waals surface area contributed by atoms with E-state index in [9.17, 15) is 9.59 Å². The molecule has 0 aliphatic carbocycles. The van der Waals surface area contributed by atoms with Gasteiger partial charge in [0.1, 0.15) is 5.54 Å². The number of nitrogens with zero attached hydrogens (tertiary/aromatic N) is 3. The zero-order valence-electron chi connectivity index (χ0n) is 14.5. The van der Waals surface area contributed by atoms with Crippen molar-refractivity contribution in [2.45, 2.75) is 23.7 Å². The molecule has 136 valence electrons. The number of amides is 2. The lowest BCUT2D eigenvalue weighted by Gasteiger charge is -2.42. The van der Waals surface area contributed by atoms with Crippen molar-refractivity contribution in [3.05, 3.63) is 36.9 Å². The van der Waals surface area contributed by atoms with E-state index >= 15 is 0 Å². The predicted molar refractivity (Wildman–Crippen MR) is 106 cm³/mol. The van der Waals surface area contributed by atoms with Gasteiger partial charge in [-0.3, -0.25) is 14.5 Å². The summed E-state index contributed by atoms with van der Waals surface area (Å²) in [4.78, 5) is 26.9. The second-order valence-electron chi connectivity index (χ2n) is 6.09.